The summed E-state index contributed by atoms with van der Waals surface area (Å²) in [6.07, 6.45) is 0. The van der Waals surface area contributed by atoms with Crippen LogP contribution in [0, 0.1) is 25.2 Å². The zero-order valence-electron chi connectivity index (χ0n) is 10.4. The van der Waals surface area contributed by atoms with Gasteiger partial charge in [0.05, 0.1) is 17.8 Å². The van der Waals surface area contributed by atoms with Gasteiger partial charge in [-0.3, -0.25) is 4.99 Å². The minimum absolute atomic E-state index is 0.0919. The van der Waals surface area contributed by atoms with E-state index in [1.165, 1.54) is 5.56 Å². The summed E-state index contributed by atoms with van der Waals surface area (Å²) >= 11 is 0. The molecule has 4 heteroatoms. The van der Waals surface area contributed by atoms with Crippen molar-refractivity contribution in [1.82, 2.24) is 5.48 Å². The minimum Gasteiger partial charge on any atom is -0.316 e. The Labute approximate surface area is 102 Å². The Morgan fingerprint density at radius 1 is 1.53 bits per heavy atom. The molecule has 0 aliphatic rings. The van der Waals surface area contributed by atoms with E-state index < -0.39 is 0 Å². The monoisotopic (exact) mass is 231 g/mol. The fourth-order valence-electron chi connectivity index (χ4n) is 1.74. The fraction of sp³-hybridized carbons (Fsp3) is 0.385. The zero-order valence-corrected chi connectivity index (χ0v) is 10.4. The van der Waals surface area contributed by atoms with Gasteiger partial charge in [-0.05, 0) is 26.3 Å². The summed E-state index contributed by atoms with van der Waals surface area (Å²) in [5.41, 5.74) is 6.10. The third-order valence-corrected chi connectivity index (χ3v) is 2.58. The molecule has 1 rings (SSSR count). The number of benzene rings is 1. The summed E-state index contributed by atoms with van der Waals surface area (Å²) in [5.74, 6) is 0. The van der Waals surface area contributed by atoms with Gasteiger partial charge in [-0.25, -0.2) is 0 Å². The van der Waals surface area contributed by atoms with Crippen LogP contribution >= 0.6 is 0 Å². The van der Waals surface area contributed by atoms with Gasteiger partial charge < -0.3 is 5.21 Å². The molecule has 1 aromatic carbocycles. The van der Waals surface area contributed by atoms with Crippen molar-refractivity contribution in [2.75, 3.05) is 6.54 Å². The number of aliphatic imine (C=N–C) groups is 1. The Balaban J connectivity index is 3.18. The minimum atomic E-state index is -0.301. The van der Waals surface area contributed by atoms with Crippen LogP contribution in [0.1, 0.15) is 23.6 Å². The molecule has 2 N–H and O–H groups in total. The van der Waals surface area contributed by atoms with E-state index in [2.05, 4.69) is 16.5 Å². The molecule has 0 aromatic heterocycles. The molecule has 4 nitrogen and oxygen atoms in total. The quantitative estimate of drug-likeness (QED) is 0.473. The molecule has 1 aromatic rings. The highest BCUT2D eigenvalue weighted by Crippen LogP contribution is 2.13. The van der Waals surface area contributed by atoms with Gasteiger partial charge >= 0.3 is 0 Å². The standard InChI is InChI=1S/C13H17N3O/c1-9-4-5-12(10(2)8-9)13(11(3)16-17)15-7-6-14/h4-5,8,11,16-17H,7H2,1-3H3. The smallest absolute Gasteiger partial charge is 0.126 e. The number of rotatable bonds is 4. The molecule has 0 fully saturated rings. The number of nitrogens with zero attached hydrogens (tertiary/aromatic N) is 2. The number of nitriles is 1. The van der Waals surface area contributed by atoms with Crippen LogP contribution in [0.2, 0.25) is 0 Å². The summed E-state index contributed by atoms with van der Waals surface area (Å²) in [4.78, 5) is 4.21. The second kappa shape index (κ2) is 6.14. The normalized spacial score (nSPS) is 13.2. The summed E-state index contributed by atoms with van der Waals surface area (Å²) in [6, 6.07) is 7.70. The van der Waals surface area contributed by atoms with Crippen molar-refractivity contribution in [3.8, 4) is 6.07 Å². The van der Waals surface area contributed by atoms with E-state index in [1.807, 2.05) is 32.0 Å². The number of nitrogens with one attached hydrogen (secondary N) is 1. The summed E-state index contributed by atoms with van der Waals surface area (Å²) in [6.45, 7) is 5.91. The van der Waals surface area contributed by atoms with E-state index in [9.17, 15) is 0 Å². The molecule has 0 amide bonds. The fourth-order valence-corrected chi connectivity index (χ4v) is 1.74. The second-order valence-corrected chi connectivity index (χ2v) is 4.03. The Kier molecular flexibility index (Phi) is 4.83. The van der Waals surface area contributed by atoms with Crippen LogP contribution in [0.25, 0.3) is 0 Å². The van der Waals surface area contributed by atoms with Crippen LogP contribution in [0.3, 0.4) is 0 Å². The molecule has 90 valence electrons. The molecule has 0 bridgehead atoms. The number of hydroxylamine groups is 1. The molecular weight excluding hydrogens is 214 g/mol. The maximum Gasteiger partial charge on any atom is 0.126 e. The average Bonchev–Trinajstić information content (AvgIpc) is 2.31. The lowest BCUT2D eigenvalue weighted by Crippen LogP contribution is -2.32. The molecule has 1 atom stereocenters. The molecule has 0 saturated carbocycles. The van der Waals surface area contributed by atoms with Crippen molar-refractivity contribution in [2.24, 2.45) is 4.99 Å². The van der Waals surface area contributed by atoms with E-state index in [0.717, 1.165) is 11.1 Å². The van der Waals surface area contributed by atoms with Crippen LogP contribution in [0.4, 0.5) is 0 Å². The van der Waals surface area contributed by atoms with Gasteiger partial charge in [0.2, 0.25) is 0 Å². The van der Waals surface area contributed by atoms with Gasteiger partial charge in [0.25, 0.3) is 0 Å². The molecule has 0 saturated heterocycles. The van der Waals surface area contributed by atoms with E-state index in [-0.39, 0.29) is 12.6 Å². The first-order valence-corrected chi connectivity index (χ1v) is 5.48. The van der Waals surface area contributed by atoms with E-state index >= 15 is 0 Å². The second-order valence-electron chi connectivity index (χ2n) is 4.03. The summed E-state index contributed by atoms with van der Waals surface area (Å²) in [5, 5.41) is 17.6. The van der Waals surface area contributed by atoms with E-state index in [1.54, 1.807) is 6.92 Å². The Hall–Kier alpha value is -1.70. The first-order chi connectivity index (χ1) is 8.10. The summed E-state index contributed by atoms with van der Waals surface area (Å²) in [7, 11) is 0. The average molecular weight is 231 g/mol. The predicted molar refractivity (Wildman–Crippen MR) is 67.3 cm³/mol. The zero-order chi connectivity index (χ0) is 12.8. The lowest BCUT2D eigenvalue weighted by atomic mass is 9.98. The van der Waals surface area contributed by atoms with Crippen LogP contribution < -0.4 is 5.48 Å². The van der Waals surface area contributed by atoms with Gasteiger partial charge in [-0.1, -0.05) is 23.8 Å². The highest BCUT2D eigenvalue weighted by atomic mass is 16.5. The van der Waals surface area contributed by atoms with Gasteiger partial charge in [-0.2, -0.15) is 10.7 Å². The topological polar surface area (TPSA) is 68.4 Å². The Morgan fingerprint density at radius 2 is 2.24 bits per heavy atom. The van der Waals surface area contributed by atoms with Crippen LogP contribution in [0.5, 0.6) is 0 Å². The number of hydrogen-bond donors (Lipinski definition) is 2. The van der Waals surface area contributed by atoms with Gasteiger partial charge in [0.1, 0.15) is 6.54 Å². The van der Waals surface area contributed by atoms with Crippen molar-refractivity contribution < 1.29 is 5.21 Å². The number of aryl methyl sites for hydroxylation is 2. The Bertz CT molecular complexity index is 460. The van der Waals surface area contributed by atoms with Gasteiger partial charge in [-0.15, -0.1) is 0 Å². The maximum absolute atomic E-state index is 9.00. The van der Waals surface area contributed by atoms with Crippen molar-refractivity contribution in [2.45, 2.75) is 26.8 Å². The molecule has 0 heterocycles. The third kappa shape index (κ3) is 3.38. The highest BCUT2D eigenvalue weighted by Gasteiger charge is 2.13. The maximum atomic E-state index is 9.00. The lowest BCUT2D eigenvalue weighted by Gasteiger charge is -2.15. The van der Waals surface area contributed by atoms with Crippen molar-refractivity contribution in [3.05, 3.63) is 34.9 Å². The molecule has 17 heavy (non-hydrogen) atoms. The first kappa shape index (κ1) is 13.4. The lowest BCUT2D eigenvalue weighted by molar-refractivity contribution is 0.155. The summed E-state index contributed by atoms with van der Waals surface area (Å²) < 4.78 is 0. The molecular formula is C13H17N3O. The predicted octanol–water partition coefficient (Wildman–Crippen LogP) is 1.98. The van der Waals surface area contributed by atoms with Crippen molar-refractivity contribution >= 4 is 5.71 Å². The van der Waals surface area contributed by atoms with E-state index in [4.69, 9.17) is 10.5 Å². The molecule has 0 spiro atoms. The first-order valence-electron chi connectivity index (χ1n) is 5.48. The largest absolute Gasteiger partial charge is 0.316 e. The van der Waals surface area contributed by atoms with Crippen molar-refractivity contribution in [3.63, 3.8) is 0 Å². The Morgan fingerprint density at radius 3 is 2.76 bits per heavy atom. The van der Waals surface area contributed by atoms with Crippen LogP contribution in [-0.4, -0.2) is 23.5 Å². The SMILES string of the molecule is Cc1ccc(C(=NCC#N)C(C)NO)c(C)c1. The van der Waals surface area contributed by atoms with Gasteiger partial charge in [0.15, 0.2) is 0 Å². The van der Waals surface area contributed by atoms with Crippen molar-refractivity contribution in [1.29, 1.82) is 5.26 Å². The van der Waals surface area contributed by atoms with Crippen LogP contribution in [0.15, 0.2) is 23.2 Å². The van der Waals surface area contributed by atoms with E-state index in [0.29, 0.717) is 5.71 Å². The molecule has 0 aliphatic carbocycles. The molecule has 0 aliphatic heterocycles. The highest BCUT2D eigenvalue weighted by molar-refractivity contribution is 6.05. The number of hydrogen-bond acceptors (Lipinski definition) is 4. The van der Waals surface area contributed by atoms with Gasteiger partial charge in [0, 0.05) is 5.56 Å². The van der Waals surface area contributed by atoms with Crippen LogP contribution in [-0.2, 0) is 0 Å². The molecule has 0 radical (unpaired) electrons. The third-order valence-electron chi connectivity index (χ3n) is 2.58. The molecule has 1 unspecified atom stereocenters.